The third kappa shape index (κ3) is 5.56. The van der Waals surface area contributed by atoms with Crippen LogP contribution in [-0.4, -0.2) is 18.2 Å². The Morgan fingerprint density at radius 3 is 2.45 bits per heavy atom. The second-order valence-corrected chi connectivity index (χ2v) is 4.34. The molecule has 0 aliphatic rings. The van der Waals surface area contributed by atoms with E-state index in [4.69, 9.17) is 9.47 Å². The number of allylic oxidation sites excluding steroid dienone is 1. The van der Waals surface area contributed by atoms with Gasteiger partial charge in [0.15, 0.2) is 0 Å². The Balaban J connectivity index is 2.46. The van der Waals surface area contributed by atoms with Crippen molar-refractivity contribution in [2.24, 2.45) is 0 Å². The first-order chi connectivity index (χ1) is 9.52. The molecule has 0 unspecified atom stereocenters. The van der Waals surface area contributed by atoms with E-state index in [0.717, 1.165) is 5.56 Å². The molecule has 5 heteroatoms. The number of hydrogen-bond donors (Lipinski definition) is 1. The highest BCUT2D eigenvalue weighted by atomic mass is 16.6. The quantitative estimate of drug-likeness (QED) is 0.664. The molecule has 1 N–H and O–H groups in total. The molecule has 0 atom stereocenters. The molecular weight excluding hydrogens is 258 g/mol. The molecule has 0 aromatic heterocycles. The third-order valence-corrected chi connectivity index (χ3v) is 2.30. The van der Waals surface area contributed by atoms with Gasteiger partial charge >= 0.3 is 12.1 Å². The van der Waals surface area contributed by atoms with Crippen molar-refractivity contribution in [2.45, 2.75) is 33.5 Å². The average Bonchev–Trinajstić information content (AvgIpc) is 2.42. The molecule has 1 aromatic rings. The van der Waals surface area contributed by atoms with Crippen LogP contribution in [0.4, 0.5) is 4.79 Å². The van der Waals surface area contributed by atoms with Crippen LogP contribution in [0, 0.1) is 0 Å². The zero-order valence-electron chi connectivity index (χ0n) is 11.9. The Morgan fingerprint density at radius 2 is 1.90 bits per heavy atom. The lowest BCUT2D eigenvalue weighted by Gasteiger charge is -2.12. The molecule has 0 radical (unpaired) electrons. The Hall–Kier alpha value is -2.30. The molecular formula is C15H19NO4. The number of benzene rings is 1. The predicted octanol–water partition coefficient (Wildman–Crippen LogP) is 2.77. The SMILES string of the molecule is C/C=C(\NC(=O)OCc1ccccc1)C(=O)OC(C)C. The number of nitrogens with one attached hydrogen (secondary N) is 1. The van der Waals surface area contributed by atoms with Crippen molar-refractivity contribution in [2.75, 3.05) is 0 Å². The van der Waals surface area contributed by atoms with Gasteiger partial charge in [-0.05, 0) is 26.3 Å². The summed E-state index contributed by atoms with van der Waals surface area (Å²) in [5.41, 5.74) is 0.936. The molecule has 108 valence electrons. The minimum absolute atomic E-state index is 0.0664. The summed E-state index contributed by atoms with van der Waals surface area (Å²) in [6.07, 6.45) is 0.524. The summed E-state index contributed by atoms with van der Waals surface area (Å²) in [6, 6.07) is 9.28. The Kier molecular flexibility index (Phi) is 6.29. The summed E-state index contributed by atoms with van der Waals surface area (Å²) in [5.74, 6) is -0.584. The van der Waals surface area contributed by atoms with Crippen LogP contribution in [0.25, 0.3) is 0 Å². The smallest absolute Gasteiger partial charge is 0.412 e. The van der Waals surface area contributed by atoms with E-state index in [1.807, 2.05) is 30.3 Å². The van der Waals surface area contributed by atoms with E-state index in [1.54, 1.807) is 20.8 Å². The van der Waals surface area contributed by atoms with Crippen molar-refractivity contribution in [3.05, 3.63) is 47.7 Å². The van der Waals surface area contributed by atoms with Crippen LogP contribution >= 0.6 is 0 Å². The lowest BCUT2D eigenvalue weighted by Crippen LogP contribution is -2.30. The van der Waals surface area contributed by atoms with Crippen LogP contribution < -0.4 is 5.32 Å². The largest absolute Gasteiger partial charge is 0.458 e. The van der Waals surface area contributed by atoms with Gasteiger partial charge in [-0.15, -0.1) is 0 Å². The number of amides is 1. The zero-order chi connectivity index (χ0) is 15.0. The summed E-state index contributed by atoms with van der Waals surface area (Å²) in [5, 5.41) is 2.37. The van der Waals surface area contributed by atoms with Gasteiger partial charge < -0.3 is 9.47 Å². The van der Waals surface area contributed by atoms with Gasteiger partial charge in [0.05, 0.1) is 6.10 Å². The molecule has 5 nitrogen and oxygen atoms in total. The first-order valence-corrected chi connectivity index (χ1v) is 6.38. The number of hydrogen-bond acceptors (Lipinski definition) is 4. The van der Waals surface area contributed by atoms with Crippen molar-refractivity contribution in [3.8, 4) is 0 Å². The van der Waals surface area contributed by atoms with Crippen LogP contribution in [0.2, 0.25) is 0 Å². The van der Waals surface area contributed by atoms with Gasteiger partial charge in [-0.1, -0.05) is 36.4 Å². The van der Waals surface area contributed by atoms with Crippen molar-refractivity contribution >= 4 is 12.1 Å². The maximum atomic E-state index is 11.6. The van der Waals surface area contributed by atoms with Crippen molar-refractivity contribution in [1.82, 2.24) is 5.32 Å². The summed E-state index contributed by atoms with van der Waals surface area (Å²) in [4.78, 5) is 23.2. The molecule has 0 fully saturated rings. The minimum atomic E-state index is -0.692. The lowest BCUT2D eigenvalue weighted by molar-refractivity contribution is -0.143. The van der Waals surface area contributed by atoms with E-state index in [2.05, 4.69) is 5.32 Å². The Labute approximate surface area is 118 Å². The summed E-state index contributed by atoms with van der Waals surface area (Å²) in [7, 11) is 0. The van der Waals surface area contributed by atoms with Crippen molar-refractivity contribution in [3.63, 3.8) is 0 Å². The fourth-order valence-corrected chi connectivity index (χ4v) is 1.39. The van der Waals surface area contributed by atoms with Gasteiger partial charge in [0.25, 0.3) is 0 Å². The van der Waals surface area contributed by atoms with E-state index in [9.17, 15) is 9.59 Å². The molecule has 1 rings (SSSR count). The number of alkyl carbamates (subject to hydrolysis) is 1. The summed E-state index contributed by atoms with van der Waals surface area (Å²) in [6.45, 7) is 5.25. The van der Waals surface area contributed by atoms with E-state index in [0.29, 0.717) is 0 Å². The van der Waals surface area contributed by atoms with Gasteiger partial charge in [0, 0.05) is 0 Å². The molecule has 20 heavy (non-hydrogen) atoms. The predicted molar refractivity (Wildman–Crippen MR) is 74.7 cm³/mol. The Morgan fingerprint density at radius 1 is 1.25 bits per heavy atom. The van der Waals surface area contributed by atoms with Crippen LogP contribution in [0.5, 0.6) is 0 Å². The first-order valence-electron chi connectivity index (χ1n) is 6.38. The molecule has 1 aromatic carbocycles. The monoisotopic (exact) mass is 277 g/mol. The van der Waals surface area contributed by atoms with E-state index in [-0.39, 0.29) is 18.4 Å². The molecule has 0 aliphatic carbocycles. The maximum Gasteiger partial charge on any atom is 0.412 e. The van der Waals surface area contributed by atoms with Gasteiger partial charge in [0.1, 0.15) is 12.3 Å². The summed E-state index contributed by atoms with van der Waals surface area (Å²) >= 11 is 0. The third-order valence-electron chi connectivity index (χ3n) is 2.30. The van der Waals surface area contributed by atoms with Gasteiger partial charge in [-0.2, -0.15) is 0 Å². The van der Waals surface area contributed by atoms with Crippen LogP contribution in [0.1, 0.15) is 26.3 Å². The highest BCUT2D eigenvalue weighted by Gasteiger charge is 2.15. The molecule has 0 saturated carbocycles. The molecule has 1 amide bonds. The molecule has 0 saturated heterocycles. The molecule has 0 bridgehead atoms. The topological polar surface area (TPSA) is 64.6 Å². The number of carbonyl (C=O) groups is 2. The van der Waals surface area contributed by atoms with E-state index < -0.39 is 12.1 Å². The van der Waals surface area contributed by atoms with E-state index in [1.165, 1.54) is 6.08 Å². The maximum absolute atomic E-state index is 11.6. The van der Waals surface area contributed by atoms with Crippen molar-refractivity contribution < 1.29 is 19.1 Å². The molecule has 0 spiro atoms. The Bertz CT molecular complexity index is 480. The molecule has 0 heterocycles. The van der Waals surface area contributed by atoms with Crippen molar-refractivity contribution in [1.29, 1.82) is 0 Å². The number of esters is 1. The van der Waals surface area contributed by atoms with Crippen LogP contribution in [0.3, 0.4) is 0 Å². The number of ether oxygens (including phenoxy) is 2. The van der Waals surface area contributed by atoms with E-state index >= 15 is 0 Å². The normalized spacial score (nSPS) is 11.1. The fourth-order valence-electron chi connectivity index (χ4n) is 1.39. The highest BCUT2D eigenvalue weighted by molar-refractivity contribution is 5.92. The fraction of sp³-hybridized carbons (Fsp3) is 0.333. The lowest BCUT2D eigenvalue weighted by atomic mass is 10.2. The average molecular weight is 277 g/mol. The highest BCUT2D eigenvalue weighted by Crippen LogP contribution is 2.02. The van der Waals surface area contributed by atoms with Crippen LogP contribution in [0.15, 0.2) is 42.1 Å². The van der Waals surface area contributed by atoms with Crippen LogP contribution in [-0.2, 0) is 20.9 Å². The first kappa shape index (κ1) is 15.8. The number of rotatable bonds is 5. The minimum Gasteiger partial charge on any atom is -0.458 e. The standard InChI is InChI=1S/C15H19NO4/c1-4-13(14(17)20-11(2)3)16-15(18)19-10-12-8-6-5-7-9-12/h4-9,11H,10H2,1-3H3,(H,16,18)/b13-4-. The summed E-state index contributed by atoms with van der Waals surface area (Å²) < 4.78 is 10.0. The second-order valence-electron chi connectivity index (χ2n) is 4.34. The number of carbonyl (C=O) groups excluding carboxylic acids is 2. The zero-order valence-corrected chi connectivity index (χ0v) is 11.9. The van der Waals surface area contributed by atoms with Gasteiger partial charge in [-0.25, -0.2) is 9.59 Å². The molecule has 0 aliphatic heterocycles. The van der Waals surface area contributed by atoms with Gasteiger partial charge in [-0.3, -0.25) is 5.32 Å². The van der Waals surface area contributed by atoms with Gasteiger partial charge in [0.2, 0.25) is 0 Å². The second kappa shape index (κ2) is 7.99.